The van der Waals surface area contributed by atoms with E-state index in [0.717, 1.165) is 16.1 Å². The fourth-order valence-corrected chi connectivity index (χ4v) is 5.42. The summed E-state index contributed by atoms with van der Waals surface area (Å²) in [6.45, 7) is 6.36. The molecule has 4 aromatic rings. The Labute approximate surface area is 186 Å². The molecule has 1 N–H and O–H groups in total. The lowest BCUT2D eigenvalue weighted by Crippen LogP contribution is -2.40. The van der Waals surface area contributed by atoms with Crippen molar-refractivity contribution in [3.05, 3.63) is 63.7 Å². The predicted octanol–water partition coefficient (Wildman–Crippen LogP) is 4.55. The number of thiazole rings is 1. The van der Waals surface area contributed by atoms with E-state index in [1.807, 2.05) is 26.8 Å². The Morgan fingerprint density at radius 3 is 2.87 bits per heavy atom. The molecule has 0 aliphatic carbocycles. The number of imidazole rings is 1. The summed E-state index contributed by atoms with van der Waals surface area (Å²) in [5.41, 5.74) is 1.93. The van der Waals surface area contributed by atoms with Crippen LogP contribution in [0.15, 0.2) is 30.7 Å². The number of halogens is 2. The molecule has 10 heteroatoms. The van der Waals surface area contributed by atoms with Crippen molar-refractivity contribution in [3.63, 3.8) is 0 Å². The number of rotatable bonds is 2. The number of para-hydroxylation sites is 1. The molecule has 0 radical (unpaired) electrons. The largest absolute Gasteiger partial charge is 0.348 e. The van der Waals surface area contributed by atoms with E-state index < -0.39 is 6.04 Å². The molecule has 1 amide bonds. The Morgan fingerprint density at radius 2 is 2.16 bits per heavy atom. The monoisotopic (exact) mass is 458 g/mol. The molecule has 0 saturated heterocycles. The lowest BCUT2D eigenvalue weighted by Gasteiger charge is -2.33. The van der Waals surface area contributed by atoms with Gasteiger partial charge in [-0.15, -0.1) is 11.3 Å². The average Bonchev–Trinajstić information content (AvgIpc) is 3.44. The standard InChI is InChI=1S/C21H20ClFN6OS/c1-21(2,3)29-18(22)11(9-26-29)20(30)28-8-7-13-16(25-10-24-13)17(28)19-27-15-12(23)5-4-6-14(15)31-19/h4-6,9-10,17H,7-8H2,1-3H3,(H,24,25)/t17-/m0/s1. The number of hydrogen-bond donors (Lipinski definition) is 1. The van der Waals surface area contributed by atoms with Crippen LogP contribution in [-0.2, 0) is 12.0 Å². The Bertz CT molecular complexity index is 1300. The van der Waals surface area contributed by atoms with Crippen LogP contribution in [0, 0.1) is 5.82 Å². The van der Waals surface area contributed by atoms with Crippen molar-refractivity contribution in [2.45, 2.75) is 38.8 Å². The zero-order valence-corrected chi connectivity index (χ0v) is 18.8. The van der Waals surface area contributed by atoms with Crippen molar-refractivity contribution in [1.82, 2.24) is 29.6 Å². The summed E-state index contributed by atoms with van der Waals surface area (Å²) in [4.78, 5) is 27.5. The second-order valence-electron chi connectivity index (χ2n) is 8.49. The molecule has 1 aliphatic heterocycles. The number of carbonyl (C=O) groups excluding carboxylic acids is 1. The summed E-state index contributed by atoms with van der Waals surface area (Å²) >= 11 is 7.91. The molecule has 0 bridgehead atoms. The average molecular weight is 459 g/mol. The Morgan fingerprint density at radius 1 is 1.35 bits per heavy atom. The third-order valence-electron chi connectivity index (χ3n) is 5.38. The highest BCUT2D eigenvalue weighted by Gasteiger charge is 2.38. The SMILES string of the molecule is CC(C)(C)n1ncc(C(=O)N2CCc3[nH]cnc3[C@H]2c2nc3c(F)cccc3s2)c1Cl. The number of fused-ring (bicyclic) bond motifs is 2. The maximum Gasteiger partial charge on any atom is 0.259 e. The normalized spacial score (nSPS) is 16.7. The summed E-state index contributed by atoms with van der Waals surface area (Å²) in [5.74, 6) is -0.635. The predicted molar refractivity (Wildman–Crippen MR) is 117 cm³/mol. The zero-order valence-electron chi connectivity index (χ0n) is 17.2. The maximum atomic E-state index is 14.3. The van der Waals surface area contributed by atoms with Gasteiger partial charge in [-0.2, -0.15) is 5.10 Å². The smallest absolute Gasteiger partial charge is 0.259 e. The summed E-state index contributed by atoms with van der Waals surface area (Å²) in [6.07, 6.45) is 3.75. The van der Waals surface area contributed by atoms with Crippen LogP contribution in [0.1, 0.15) is 53.6 Å². The number of aromatic nitrogens is 5. The number of aromatic amines is 1. The van der Waals surface area contributed by atoms with E-state index in [9.17, 15) is 9.18 Å². The minimum absolute atomic E-state index is 0.251. The van der Waals surface area contributed by atoms with E-state index in [1.165, 1.54) is 23.6 Å². The molecule has 1 aromatic carbocycles. The van der Waals surface area contributed by atoms with Gasteiger partial charge in [0.05, 0.1) is 34.0 Å². The van der Waals surface area contributed by atoms with Crippen molar-refractivity contribution in [2.75, 3.05) is 6.54 Å². The summed E-state index contributed by atoms with van der Waals surface area (Å²) in [7, 11) is 0. The Hall–Kier alpha value is -2.78. The van der Waals surface area contributed by atoms with Crippen LogP contribution in [0.2, 0.25) is 5.15 Å². The van der Waals surface area contributed by atoms with Gasteiger partial charge in [0.15, 0.2) is 0 Å². The van der Waals surface area contributed by atoms with Crippen LogP contribution in [0.4, 0.5) is 4.39 Å². The van der Waals surface area contributed by atoms with Gasteiger partial charge in [-0.05, 0) is 32.9 Å². The third-order valence-corrected chi connectivity index (χ3v) is 6.82. The van der Waals surface area contributed by atoms with E-state index >= 15 is 0 Å². The summed E-state index contributed by atoms with van der Waals surface area (Å²) in [5, 5.41) is 5.24. The van der Waals surface area contributed by atoms with Crippen LogP contribution in [-0.4, -0.2) is 42.1 Å². The number of amides is 1. The molecule has 4 heterocycles. The highest BCUT2D eigenvalue weighted by Crippen LogP contribution is 2.39. The van der Waals surface area contributed by atoms with Gasteiger partial charge in [-0.1, -0.05) is 17.7 Å². The first-order chi connectivity index (χ1) is 14.8. The van der Waals surface area contributed by atoms with E-state index in [0.29, 0.717) is 34.2 Å². The second-order valence-corrected chi connectivity index (χ2v) is 9.91. The third kappa shape index (κ3) is 3.23. The second kappa shape index (κ2) is 7.13. The molecule has 160 valence electrons. The van der Waals surface area contributed by atoms with Crippen LogP contribution in [0.3, 0.4) is 0 Å². The van der Waals surface area contributed by atoms with Crippen molar-refractivity contribution in [2.24, 2.45) is 0 Å². The molecule has 1 atom stereocenters. The van der Waals surface area contributed by atoms with Gasteiger partial charge in [0, 0.05) is 18.7 Å². The zero-order chi connectivity index (χ0) is 21.9. The first kappa shape index (κ1) is 20.1. The van der Waals surface area contributed by atoms with Gasteiger partial charge in [0.1, 0.15) is 27.5 Å². The highest BCUT2D eigenvalue weighted by molar-refractivity contribution is 7.18. The quantitative estimate of drug-likeness (QED) is 0.478. The molecular formula is C21H20ClFN6OS. The van der Waals surface area contributed by atoms with Gasteiger partial charge >= 0.3 is 0 Å². The van der Waals surface area contributed by atoms with Gasteiger partial charge in [0.2, 0.25) is 0 Å². The molecule has 7 nitrogen and oxygen atoms in total. The van der Waals surface area contributed by atoms with Gasteiger partial charge in [-0.3, -0.25) is 4.79 Å². The minimum Gasteiger partial charge on any atom is -0.348 e. The summed E-state index contributed by atoms with van der Waals surface area (Å²) in [6, 6.07) is 4.33. The molecule has 0 spiro atoms. The van der Waals surface area contributed by atoms with Gasteiger partial charge in [-0.25, -0.2) is 19.0 Å². The van der Waals surface area contributed by atoms with E-state index in [-0.39, 0.29) is 17.3 Å². The number of benzene rings is 1. The Kier molecular flexibility index (Phi) is 4.63. The summed E-state index contributed by atoms with van der Waals surface area (Å²) < 4.78 is 16.7. The van der Waals surface area contributed by atoms with Gasteiger partial charge in [0.25, 0.3) is 5.91 Å². The van der Waals surface area contributed by atoms with Crippen LogP contribution in [0.25, 0.3) is 10.2 Å². The van der Waals surface area contributed by atoms with Crippen molar-refractivity contribution in [3.8, 4) is 0 Å². The molecule has 0 unspecified atom stereocenters. The number of carbonyl (C=O) groups is 1. The number of H-pyrrole nitrogens is 1. The molecule has 5 rings (SSSR count). The lowest BCUT2D eigenvalue weighted by molar-refractivity contribution is 0.0690. The number of nitrogens with one attached hydrogen (secondary N) is 1. The molecule has 0 fully saturated rings. The fraction of sp³-hybridized carbons (Fsp3) is 0.333. The molecule has 3 aromatic heterocycles. The van der Waals surface area contributed by atoms with Crippen LogP contribution < -0.4 is 0 Å². The highest BCUT2D eigenvalue weighted by atomic mass is 35.5. The maximum absolute atomic E-state index is 14.3. The van der Waals surface area contributed by atoms with Crippen LogP contribution >= 0.6 is 22.9 Å². The van der Waals surface area contributed by atoms with Gasteiger partial charge < -0.3 is 9.88 Å². The number of hydrogen-bond acceptors (Lipinski definition) is 5. The van der Waals surface area contributed by atoms with Crippen molar-refractivity contribution >= 4 is 39.1 Å². The van der Waals surface area contributed by atoms with Crippen molar-refractivity contribution < 1.29 is 9.18 Å². The van der Waals surface area contributed by atoms with E-state index in [4.69, 9.17) is 11.6 Å². The first-order valence-electron chi connectivity index (χ1n) is 9.88. The van der Waals surface area contributed by atoms with E-state index in [2.05, 4.69) is 20.1 Å². The van der Waals surface area contributed by atoms with Crippen LogP contribution in [0.5, 0.6) is 0 Å². The van der Waals surface area contributed by atoms with E-state index in [1.54, 1.807) is 22.0 Å². The first-order valence-corrected chi connectivity index (χ1v) is 11.1. The molecule has 0 saturated carbocycles. The fourth-order valence-electron chi connectivity index (χ4n) is 3.89. The molecular weight excluding hydrogens is 439 g/mol. The lowest BCUT2D eigenvalue weighted by atomic mass is 10.0. The Balaban J connectivity index is 1.61. The topological polar surface area (TPSA) is 79.7 Å². The number of nitrogens with zero attached hydrogens (tertiary/aromatic N) is 5. The molecule has 1 aliphatic rings. The molecule has 31 heavy (non-hydrogen) atoms. The van der Waals surface area contributed by atoms with Crippen molar-refractivity contribution in [1.29, 1.82) is 0 Å². The minimum atomic E-state index is -0.534.